The second kappa shape index (κ2) is 5.88. The maximum Gasteiger partial charge on any atom is 0.151 e. The zero-order chi connectivity index (χ0) is 13.2. The zero-order valence-electron chi connectivity index (χ0n) is 11.6. The Hall–Kier alpha value is -0.130. The first kappa shape index (κ1) is 14.3. The van der Waals surface area contributed by atoms with Crippen LogP contribution in [0.2, 0.25) is 0 Å². The Morgan fingerprint density at radius 1 is 1.22 bits per heavy atom. The molecule has 2 rings (SSSR count). The molecule has 0 spiro atoms. The van der Waals surface area contributed by atoms with E-state index in [0.29, 0.717) is 17.5 Å². The summed E-state index contributed by atoms with van der Waals surface area (Å²) in [5, 5.41) is 3.39. The van der Waals surface area contributed by atoms with Crippen molar-refractivity contribution in [3.63, 3.8) is 0 Å². The van der Waals surface area contributed by atoms with Crippen LogP contribution in [0.15, 0.2) is 0 Å². The van der Waals surface area contributed by atoms with Crippen molar-refractivity contribution < 1.29 is 8.42 Å². The molecule has 0 aromatic carbocycles. The summed E-state index contributed by atoms with van der Waals surface area (Å²) in [7, 11) is -2.77. The van der Waals surface area contributed by atoms with E-state index in [1.54, 1.807) is 0 Å². The molecular formula is C13H26N2O2S. The van der Waals surface area contributed by atoms with Crippen LogP contribution in [-0.2, 0) is 9.84 Å². The van der Waals surface area contributed by atoms with Gasteiger partial charge in [0.05, 0.1) is 11.5 Å². The first-order valence-corrected chi connectivity index (χ1v) is 8.97. The summed E-state index contributed by atoms with van der Waals surface area (Å²) in [6, 6.07) is 0.697. The number of hydrogen-bond acceptors (Lipinski definition) is 4. The number of nitrogens with one attached hydrogen (secondary N) is 1. The lowest BCUT2D eigenvalue weighted by Gasteiger charge is -2.36. The molecule has 2 saturated heterocycles. The van der Waals surface area contributed by atoms with Crippen molar-refractivity contribution in [2.75, 3.05) is 31.1 Å². The molecule has 0 amide bonds. The Kier molecular flexibility index (Phi) is 4.67. The van der Waals surface area contributed by atoms with Crippen molar-refractivity contribution in [1.29, 1.82) is 0 Å². The van der Waals surface area contributed by atoms with E-state index >= 15 is 0 Å². The van der Waals surface area contributed by atoms with Crippen LogP contribution in [0.4, 0.5) is 0 Å². The van der Waals surface area contributed by atoms with Crippen LogP contribution in [0.5, 0.6) is 0 Å². The molecule has 106 valence electrons. The molecule has 0 radical (unpaired) electrons. The number of sulfone groups is 1. The van der Waals surface area contributed by atoms with Gasteiger partial charge in [0.1, 0.15) is 0 Å². The van der Waals surface area contributed by atoms with E-state index in [2.05, 4.69) is 24.1 Å². The fourth-order valence-corrected chi connectivity index (χ4v) is 4.92. The molecule has 1 atom stereocenters. The number of nitrogens with zero attached hydrogens (tertiary/aromatic N) is 1. The van der Waals surface area contributed by atoms with Crippen molar-refractivity contribution in [2.24, 2.45) is 5.92 Å². The second-order valence-corrected chi connectivity index (χ2v) is 8.27. The van der Waals surface area contributed by atoms with Gasteiger partial charge in [-0.05, 0) is 52.1 Å². The number of rotatable bonds is 4. The molecule has 1 unspecified atom stereocenters. The lowest BCUT2D eigenvalue weighted by atomic mass is 9.96. The van der Waals surface area contributed by atoms with Crippen molar-refractivity contribution in [3.8, 4) is 0 Å². The minimum absolute atomic E-state index is 0.255. The first-order valence-electron chi connectivity index (χ1n) is 7.15. The van der Waals surface area contributed by atoms with E-state index in [1.807, 2.05) is 0 Å². The van der Waals surface area contributed by atoms with Gasteiger partial charge >= 0.3 is 0 Å². The van der Waals surface area contributed by atoms with Crippen molar-refractivity contribution in [2.45, 2.75) is 45.2 Å². The summed E-state index contributed by atoms with van der Waals surface area (Å²) in [5.41, 5.74) is 0. The lowest BCUT2D eigenvalue weighted by Crippen LogP contribution is -2.45. The topological polar surface area (TPSA) is 49.4 Å². The van der Waals surface area contributed by atoms with Gasteiger partial charge in [-0.1, -0.05) is 0 Å². The van der Waals surface area contributed by atoms with Crippen molar-refractivity contribution in [1.82, 2.24) is 10.2 Å². The molecule has 0 bridgehead atoms. The summed E-state index contributed by atoms with van der Waals surface area (Å²) in [5.74, 6) is 1.49. The lowest BCUT2D eigenvalue weighted by molar-refractivity contribution is 0.128. The van der Waals surface area contributed by atoms with Gasteiger partial charge < -0.3 is 5.32 Å². The monoisotopic (exact) mass is 274 g/mol. The first-order chi connectivity index (χ1) is 8.48. The summed E-state index contributed by atoms with van der Waals surface area (Å²) < 4.78 is 23.2. The zero-order valence-corrected chi connectivity index (χ0v) is 12.4. The Labute approximate surface area is 111 Å². The third-order valence-electron chi connectivity index (χ3n) is 4.27. The van der Waals surface area contributed by atoms with Gasteiger partial charge in [-0.25, -0.2) is 8.42 Å². The normalized spacial score (nSPS) is 29.2. The highest BCUT2D eigenvalue weighted by molar-refractivity contribution is 7.91. The molecule has 0 aliphatic carbocycles. The molecule has 2 aliphatic heterocycles. The molecule has 0 aromatic heterocycles. The number of piperidine rings is 1. The maximum atomic E-state index is 11.6. The van der Waals surface area contributed by atoms with E-state index in [1.165, 1.54) is 12.8 Å². The highest BCUT2D eigenvalue weighted by atomic mass is 32.2. The SMILES string of the molecule is CC(C)N(CC1CCNCC1)C1CCS(=O)(=O)C1. The third-order valence-corrected chi connectivity index (χ3v) is 6.02. The molecule has 2 fully saturated rings. The second-order valence-electron chi connectivity index (χ2n) is 6.04. The fourth-order valence-electron chi connectivity index (χ4n) is 3.18. The quantitative estimate of drug-likeness (QED) is 0.827. The van der Waals surface area contributed by atoms with Gasteiger partial charge in [0.2, 0.25) is 0 Å². The average molecular weight is 274 g/mol. The van der Waals surface area contributed by atoms with Gasteiger partial charge in [0.15, 0.2) is 9.84 Å². The molecule has 2 heterocycles. The third kappa shape index (κ3) is 3.68. The smallest absolute Gasteiger partial charge is 0.151 e. The van der Waals surface area contributed by atoms with Crippen molar-refractivity contribution >= 4 is 9.84 Å². The minimum atomic E-state index is -2.77. The Morgan fingerprint density at radius 3 is 2.39 bits per heavy atom. The number of hydrogen-bond donors (Lipinski definition) is 1. The average Bonchev–Trinajstić information content (AvgIpc) is 2.67. The summed E-state index contributed by atoms with van der Waals surface area (Å²) >= 11 is 0. The van der Waals surface area contributed by atoms with Crippen LogP contribution in [0.25, 0.3) is 0 Å². The van der Waals surface area contributed by atoms with Gasteiger partial charge in [-0.15, -0.1) is 0 Å². The predicted molar refractivity (Wildman–Crippen MR) is 74.5 cm³/mol. The van der Waals surface area contributed by atoms with E-state index in [9.17, 15) is 8.42 Å². The Morgan fingerprint density at radius 2 is 1.89 bits per heavy atom. The van der Waals surface area contributed by atoms with Crippen molar-refractivity contribution in [3.05, 3.63) is 0 Å². The van der Waals surface area contributed by atoms with Crippen LogP contribution in [0, 0.1) is 5.92 Å². The van der Waals surface area contributed by atoms with Crippen LogP contribution < -0.4 is 5.32 Å². The van der Waals surface area contributed by atoms with Crippen LogP contribution in [0.1, 0.15) is 33.1 Å². The van der Waals surface area contributed by atoms with E-state index in [4.69, 9.17) is 0 Å². The molecule has 2 aliphatic rings. The summed E-state index contributed by atoms with van der Waals surface area (Å²) in [6.45, 7) is 7.66. The van der Waals surface area contributed by atoms with E-state index in [-0.39, 0.29) is 6.04 Å². The van der Waals surface area contributed by atoms with Crippen LogP contribution in [0.3, 0.4) is 0 Å². The summed E-state index contributed by atoms with van der Waals surface area (Å²) in [4.78, 5) is 2.43. The predicted octanol–water partition coefficient (Wildman–Crippen LogP) is 0.884. The molecule has 5 heteroatoms. The Bertz CT molecular complexity index is 361. The molecule has 0 aromatic rings. The maximum absolute atomic E-state index is 11.6. The largest absolute Gasteiger partial charge is 0.317 e. The van der Waals surface area contributed by atoms with Gasteiger partial charge in [0, 0.05) is 18.6 Å². The highest BCUT2D eigenvalue weighted by Crippen LogP contribution is 2.23. The summed E-state index contributed by atoms with van der Waals surface area (Å²) in [6.07, 6.45) is 3.27. The van der Waals surface area contributed by atoms with E-state index < -0.39 is 9.84 Å². The van der Waals surface area contributed by atoms with Gasteiger partial charge in [-0.2, -0.15) is 0 Å². The molecule has 1 N–H and O–H groups in total. The Balaban J connectivity index is 1.95. The van der Waals surface area contributed by atoms with Crippen LogP contribution >= 0.6 is 0 Å². The molecular weight excluding hydrogens is 248 g/mol. The van der Waals surface area contributed by atoms with Crippen LogP contribution in [-0.4, -0.2) is 56.5 Å². The molecule has 18 heavy (non-hydrogen) atoms. The molecule has 0 saturated carbocycles. The highest BCUT2D eigenvalue weighted by Gasteiger charge is 2.34. The van der Waals surface area contributed by atoms with Gasteiger partial charge in [0.25, 0.3) is 0 Å². The minimum Gasteiger partial charge on any atom is -0.317 e. The van der Waals surface area contributed by atoms with E-state index in [0.717, 1.165) is 32.0 Å². The van der Waals surface area contributed by atoms with Gasteiger partial charge in [-0.3, -0.25) is 4.90 Å². The standard InChI is InChI=1S/C13H26N2O2S/c1-11(2)15(9-12-3-6-14-7-4-12)13-5-8-18(16,17)10-13/h11-14H,3-10H2,1-2H3. The fraction of sp³-hybridized carbons (Fsp3) is 1.00. The molecule has 4 nitrogen and oxygen atoms in total.